The van der Waals surface area contributed by atoms with E-state index in [1.807, 2.05) is 6.08 Å². The Bertz CT molecular complexity index is 1580. The third kappa shape index (κ3) is 6.45. The van der Waals surface area contributed by atoms with Crippen LogP contribution in [0.5, 0.6) is 0 Å². The van der Waals surface area contributed by atoms with Crippen LogP contribution in [-0.2, 0) is 11.3 Å². The number of nitrogens with one attached hydrogen (secondary N) is 1. The first-order valence-electron chi connectivity index (χ1n) is 12.8. The number of halogens is 1. The van der Waals surface area contributed by atoms with Gasteiger partial charge in [-0.3, -0.25) is 19.0 Å². The van der Waals surface area contributed by atoms with Crippen molar-refractivity contribution in [2.45, 2.75) is 33.7 Å². The summed E-state index contributed by atoms with van der Waals surface area (Å²) in [5.41, 5.74) is 7.41. The first-order chi connectivity index (χ1) is 19.0. The molecule has 1 fully saturated rings. The number of amides is 2. The predicted molar refractivity (Wildman–Crippen MR) is 157 cm³/mol. The highest BCUT2D eigenvalue weighted by Gasteiger charge is 2.37. The number of anilines is 1. The van der Waals surface area contributed by atoms with E-state index in [-0.39, 0.29) is 41.6 Å². The van der Waals surface area contributed by atoms with Crippen molar-refractivity contribution in [3.8, 4) is 11.1 Å². The van der Waals surface area contributed by atoms with Gasteiger partial charge >= 0.3 is 0 Å². The van der Waals surface area contributed by atoms with Crippen molar-refractivity contribution in [1.82, 2.24) is 29.7 Å². The van der Waals surface area contributed by atoms with Gasteiger partial charge in [-0.1, -0.05) is 44.2 Å². The highest BCUT2D eigenvalue weighted by atomic mass is 35.5. The van der Waals surface area contributed by atoms with E-state index >= 15 is 0 Å². The summed E-state index contributed by atoms with van der Waals surface area (Å²) in [5, 5.41) is 3.93. The SMILES string of the molecule is C=CC(=CC=C(C)Cl)CCNC(=O)c1cc2c(-c3cnc(N)nc3)ccnc2n(CC(=O)N2CC(C)(C)C2)c1=O. The van der Waals surface area contributed by atoms with E-state index in [4.69, 9.17) is 17.3 Å². The molecule has 0 radical (unpaired) electrons. The molecule has 2 amide bonds. The van der Waals surface area contributed by atoms with Crippen molar-refractivity contribution in [2.75, 3.05) is 25.4 Å². The van der Waals surface area contributed by atoms with Crippen molar-refractivity contribution in [1.29, 1.82) is 0 Å². The molecule has 4 rings (SSSR count). The number of nitrogens with two attached hydrogens (primary N) is 1. The van der Waals surface area contributed by atoms with E-state index in [0.717, 1.165) is 5.57 Å². The summed E-state index contributed by atoms with van der Waals surface area (Å²) in [6, 6.07) is 3.24. The average molecular weight is 562 g/mol. The van der Waals surface area contributed by atoms with Crippen LogP contribution in [0, 0.1) is 5.41 Å². The van der Waals surface area contributed by atoms with Crippen LogP contribution in [0.2, 0.25) is 0 Å². The standard InChI is InChI=1S/C29H32ClN7O3/c1-5-19(7-6-18(2)30)8-10-33-26(39)23-12-22-21(20-13-34-28(31)35-14-20)9-11-32-25(22)37(27(23)40)15-24(38)36-16-29(3,4)17-36/h5-7,9,11-14H,1,8,10,15-17H2,2-4H3,(H,33,39)(H2,31,34,35). The van der Waals surface area contributed by atoms with Gasteiger partial charge in [0.25, 0.3) is 11.5 Å². The lowest BCUT2D eigenvalue weighted by Gasteiger charge is -2.45. The molecule has 0 spiro atoms. The second kappa shape index (κ2) is 11.8. The van der Waals surface area contributed by atoms with Crippen LogP contribution in [0.1, 0.15) is 37.6 Å². The number of nitrogen functional groups attached to an aromatic ring is 1. The lowest BCUT2D eigenvalue weighted by molar-refractivity contribution is -0.142. The van der Waals surface area contributed by atoms with Gasteiger partial charge in [0, 0.05) is 54.2 Å². The van der Waals surface area contributed by atoms with Gasteiger partial charge in [-0.15, -0.1) is 0 Å². The van der Waals surface area contributed by atoms with E-state index < -0.39 is 11.5 Å². The Kier molecular flexibility index (Phi) is 8.49. The van der Waals surface area contributed by atoms with Crippen molar-refractivity contribution in [3.63, 3.8) is 0 Å². The molecule has 0 aromatic carbocycles. The predicted octanol–water partition coefficient (Wildman–Crippen LogP) is 3.68. The molecule has 3 N–H and O–H groups in total. The number of likely N-dealkylation sites (tertiary alicyclic amines) is 1. The molecule has 3 aromatic heterocycles. The van der Waals surface area contributed by atoms with Gasteiger partial charge in [0.15, 0.2) is 0 Å². The van der Waals surface area contributed by atoms with Crippen molar-refractivity contribution in [2.24, 2.45) is 5.41 Å². The fourth-order valence-electron chi connectivity index (χ4n) is 4.59. The summed E-state index contributed by atoms with van der Waals surface area (Å²) in [5.74, 6) is -0.660. The van der Waals surface area contributed by atoms with Crippen LogP contribution in [-0.4, -0.2) is 55.9 Å². The van der Waals surface area contributed by atoms with Crippen LogP contribution in [0.25, 0.3) is 22.2 Å². The molecule has 10 nitrogen and oxygen atoms in total. The maximum absolute atomic E-state index is 13.6. The Labute approximate surface area is 237 Å². The summed E-state index contributed by atoms with van der Waals surface area (Å²) in [4.78, 5) is 54.3. The minimum absolute atomic E-state index is 0.0298. The molecule has 0 aliphatic carbocycles. The number of hydrogen-bond donors (Lipinski definition) is 2. The fourth-order valence-corrected chi connectivity index (χ4v) is 4.66. The maximum atomic E-state index is 13.6. The number of rotatable bonds is 9. The number of hydrogen-bond acceptors (Lipinski definition) is 7. The monoisotopic (exact) mass is 561 g/mol. The van der Waals surface area contributed by atoms with Crippen molar-refractivity contribution >= 4 is 40.4 Å². The van der Waals surface area contributed by atoms with E-state index in [1.165, 1.54) is 10.6 Å². The molecule has 0 bridgehead atoms. The van der Waals surface area contributed by atoms with Gasteiger partial charge in [-0.25, -0.2) is 15.0 Å². The first-order valence-corrected chi connectivity index (χ1v) is 13.2. The molecule has 4 heterocycles. The third-order valence-corrected chi connectivity index (χ3v) is 6.71. The highest BCUT2D eigenvalue weighted by Crippen LogP contribution is 2.30. The number of carbonyl (C=O) groups excluding carboxylic acids is 2. The van der Waals surface area contributed by atoms with Crippen LogP contribution in [0.4, 0.5) is 5.95 Å². The van der Waals surface area contributed by atoms with Crippen LogP contribution in [0.3, 0.4) is 0 Å². The van der Waals surface area contributed by atoms with Gasteiger partial charge in [0.1, 0.15) is 17.8 Å². The molecular formula is C29H32ClN7O3. The molecule has 0 unspecified atom stereocenters. The second-order valence-corrected chi connectivity index (χ2v) is 11.1. The number of fused-ring (bicyclic) bond motifs is 1. The molecule has 11 heteroatoms. The lowest BCUT2D eigenvalue weighted by Crippen LogP contribution is -2.56. The molecule has 0 atom stereocenters. The lowest BCUT2D eigenvalue weighted by atomic mass is 9.84. The summed E-state index contributed by atoms with van der Waals surface area (Å²) >= 11 is 5.90. The fraction of sp³-hybridized carbons (Fsp3) is 0.310. The average Bonchev–Trinajstić information content (AvgIpc) is 2.90. The zero-order valence-corrected chi connectivity index (χ0v) is 23.5. The highest BCUT2D eigenvalue weighted by molar-refractivity contribution is 6.29. The summed E-state index contributed by atoms with van der Waals surface area (Å²) < 4.78 is 1.27. The number of pyridine rings is 2. The van der Waals surface area contributed by atoms with E-state index in [9.17, 15) is 14.4 Å². The third-order valence-electron chi connectivity index (χ3n) is 6.59. The summed E-state index contributed by atoms with van der Waals surface area (Å²) in [6.07, 6.45) is 10.4. The van der Waals surface area contributed by atoms with Gasteiger partial charge in [0.05, 0.1) is 0 Å². The topological polar surface area (TPSA) is 136 Å². The van der Waals surface area contributed by atoms with E-state index in [2.05, 4.69) is 40.7 Å². The van der Waals surface area contributed by atoms with E-state index in [1.54, 1.807) is 48.6 Å². The first kappa shape index (κ1) is 28.7. The zero-order valence-electron chi connectivity index (χ0n) is 22.8. The van der Waals surface area contributed by atoms with Crippen LogP contribution in [0.15, 0.2) is 70.9 Å². The number of allylic oxidation sites excluding steroid dienone is 4. The summed E-state index contributed by atoms with van der Waals surface area (Å²) in [7, 11) is 0. The van der Waals surface area contributed by atoms with Crippen molar-refractivity contribution < 1.29 is 9.59 Å². The van der Waals surface area contributed by atoms with Gasteiger partial charge in [-0.05, 0) is 48.1 Å². The Morgan fingerprint density at radius 2 is 1.90 bits per heavy atom. The number of aromatic nitrogens is 4. The molecule has 208 valence electrons. The van der Waals surface area contributed by atoms with Crippen LogP contribution >= 0.6 is 11.6 Å². The molecule has 3 aromatic rings. The molecule has 1 aliphatic rings. The second-order valence-electron chi connectivity index (χ2n) is 10.5. The molecule has 40 heavy (non-hydrogen) atoms. The van der Waals surface area contributed by atoms with Gasteiger partial charge in [0.2, 0.25) is 11.9 Å². The van der Waals surface area contributed by atoms with Crippen LogP contribution < -0.4 is 16.6 Å². The smallest absolute Gasteiger partial charge is 0.265 e. The zero-order chi connectivity index (χ0) is 29.0. The Balaban J connectivity index is 1.72. The Morgan fingerprint density at radius 1 is 1.20 bits per heavy atom. The number of nitrogens with zero attached hydrogens (tertiary/aromatic N) is 5. The number of carbonyl (C=O) groups is 2. The Morgan fingerprint density at radius 3 is 2.52 bits per heavy atom. The normalized spacial score (nSPS) is 15.1. The van der Waals surface area contributed by atoms with Gasteiger partial charge in [-0.2, -0.15) is 0 Å². The van der Waals surface area contributed by atoms with Crippen molar-refractivity contribution in [3.05, 3.63) is 82.1 Å². The largest absolute Gasteiger partial charge is 0.368 e. The minimum atomic E-state index is -0.600. The maximum Gasteiger partial charge on any atom is 0.265 e. The molecule has 1 saturated heterocycles. The Hall–Kier alpha value is -4.31. The molecule has 0 saturated carbocycles. The minimum Gasteiger partial charge on any atom is -0.368 e. The quantitative estimate of drug-likeness (QED) is 0.380. The summed E-state index contributed by atoms with van der Waals surface area (Å²) in [6.45, 7) is 10.9. The molecular weight excluding hydrogens is 530 g/mol. The van der Waals surface area contributed by atoms with E-state index in [0.29, 0.717) is 41.1 Å². The van der Waals surface area contributed by atoms with Gasteiger partial charge < -0.3 is 16.0 Å². The molecule has 1 aliphatic heterocycles.